The monoisotopic (exact) mass is 470 g/mol. The van der Waals surface area contributed by atoms with Crippen LogP contribution in [0, 0.1) is 25.2 Å². The first-order chi connectivity index (χ1) is 16.1. The number of rotatable bonds is 6. The molecule has 178 valence electrons. The Labute approximate surface area is 195 Å². The van der Waals surface area contributed by atoms with Crippen LogP contribution in [-0.4, -0.2) is 29.8 Å². The summed E-state index contributed by atoms with van der Waals surface area (Å²) in [6.45, 7) is 5.30. The van der Waals surface area contributed by atoms with Gasteiger partial charge >= 0.3 is 6.18 Å². The molecule has 0 bridgehead atoms. The third kappa shape index (κ3) is 5.18. The van der Waals surface area contributed by atoms with E-state index in [0.717, 1.165) is 18.6 Å². The number of nitrogens with one attached hydrogen (secondary N) is 1. The highest BCUT2D eigenvalue weighted by molar-refractivity contribution is 5.92. The molecule has 1 aromatic heterocycles. The lowest BCUT2D eigenvalue weighted by Crippen LogP contribution is -2.13. The van der Waals surface area contributed by atoms with E-state index in [9.17, 15) is 13.2 Å². The Balaban J connectivity index is 1.68. The number of benzene rings is 2. The van der Waals surface area contributed by atoms with Gasteiger partial charge in [-0.05, 0) is 56.2 Å². The van der Waals surface area contributed by atoms with Crippen molar-refractivity contribution in [3.8, 4) is 18.1 Å². The average molecular weight is 470 g/mol. The molecule has 2 heterocycles. The number of alkyl halides is 3. The molecule has 0 radical (unpaired) electrons. The Hall–Kier alpha value is -3.51. The smallest absolute Gasteiger partial charge is 0.416 e. The molecule has 0 aliphatic carbocycles. The molecule has 1 saturated heterocycles. The lowest BCUT2D eigenvalue weighted by molar-refractivity contribution is -0.137. The largest absolute Gasteiger partial charge is 0.492 e. The van der Waals surface area contributed by atoms with Crippen molar-refractivity contribution in [2.45, 2.75) is 32.5 Å². The van der Waals surface area contributed by atoms with Crippen molar-refractivity contribution < 1.29 is 22.6 Å². The lowest BCUT2D eigenvalue weighted by atomic mass is 10.0. The highest BCUT2D eigenvalue weighted by Crippen LogP contribution is 2.35. The molecule has 2 aromatic carbocycles. The summed E-state index contributed by atoms with van der Waals surface area (Å²) in [5.41, 5.74) is 6.53. The van der Waals surface area contributed by atoms with Gasteiger partial charge in [0.1, 0.15) is 17.4 Å². The van der Waals surface area contributed by atoms with E-state index in [1.807, 2.05) is 0 Å². The molecule has 9 heteroatoms. The molecule has 4 rings (SSSR count). The third-order valence-corrected chi connectivity index (χ3v) is 5.72. The van der Waals surface area contributed by atoms with Crippen LogP contribution in [0.15, 0.2) is 30.3 Å². The lowest BCUT2D eigenvalue weighted by Gasteiger charge is -2.20. The molecule has 34 heavy (non-hydrogen) atoms. The number of hydrogen-bond donors (Lipinski definition) is 2. The van der Waals surface area contributed by atoms with Crippen LogP contribution in [0.5, 0.6) is 5.75 Å². The number of aryl methyl sites for hydroxylation is 1. The van der Waals surface area contributed by atoms with E-state index < -0.39 is 17.8 Å². The highest BCUT2D eigenvalue weighted by atomic mass is 19.4. The van der Waals surface area contributed by atoms with Gasteiger partial charge in [-0.25, -0.2) is 9.97 Å². The number of aromatic nitrogens is 2. The number of halogens is 3. The maximum Gasteiger partial charge on any atom is 0.416 e. The number of nitrogen functional groups attached to an aromatic ring is 1. The summed E-state index contributed by atoms with van der Waals surface area (Å²) in [6, 6.07) is 6.52. The van der Waals surface area contributed by atoms with E-state index >= 15 is 0 Å². The normalized spacial score (nSPS) is 16.9. The van der Waals surface area contributed by atoms with Crippen LogP contribution in [0.2, 0.25) is 0 Å². The van der Waals surface area contributed by atoms with Gasteiger partial charge < -0.3 is 20.5 Å². The maximum atomic E-state index is 13.3. The van der Waals surface area contributed by atoms with E-state index in [0.29, 0.717) is 65.2 Å². The second-order valence-corrected chi connectivity index (χ2v) is 8.42. The van der Waals surface area contributed by atoms with Crippen molar-refractivity contribution in [1.82, 2.24) is 9.97 Å². The van der Waals surface area contributed by atoms with Gasteiger partial charge in [-0.3, -0.25) is 0 Å². The predicted molar refractivity (Wildman–Crippen MR) is 125 cm³/mol. The topological polar surface area (TPSA) is 82.3 Å². The number of hydrogen-bond acceptors (Lipinski definition) is 6. The van der Waals surface area contributed by atoms with Crippen molar-refractivity contribution in [3.63, 3.8) is 0 Å². The Morgan fingerprint density at radius 2 is 2.06 bits per heavy atom. The molecule has 0 unspecified atom stereocenters. The Morgan fingerprint density at radius 1 is 1.26 bits per heavy atom. The summed E-state index contributed by atoms with van der Waals surface area (Å²) in [6.07, 6.45) is 2.13. The van der Waals surface area contributed by atoms with Crippen molar-refractivity contribution in [2.24, 2.45) is 5.92 Å². The molecular formula is C25H25F3N4O2. The molecule has 1 fully saturated rings. The van der Waals surface area contributed by atoms with Crippen LogP contribution < -0.4 is 15.8 Å². The zero-order chi connectivity index (χ0) is 24.5. The molecule has 1 aliphatic rings. The van der Waals surface area contributed by atoms with Crippen molar-refractivity contribution >= 4 is 22.4 Å². The van der Waals surface area contributed by atoms with Crippen molar-refractivity contribution in [1.29, 1.82) is 0 Å². The van der Waals surface area contributed by atoms with E-state index in [1.54, 1.807) is 26.0 Å². The zero-order valence-electron chi connectivity index (χ0n) is 18.9. The molecule has 3 N–H and O–H groups in total. The summed E-state index contributed by atoms with van der Waals surface area (Å²) < 4.78 is 51.2. The van der Waals surface area contributed by atoms with Crippen molar-refractivity contribution in [3.05, 3.63) is 52.8 Å². The average Bonchev–Trinajstić information content (AvgIpc) is 3.29. The van der Waals surface area contributed by atoms with Gasteiger partial charge in [-0.15, -0.1) is 6.42 Å². The van der Waals surface area contributed by atoms with Crippen LogP contribution in [0.4, 0.5) is 24.7 Å². The second kappa shape index (κ2) is 9.39. The summed E-state index contributed by atoms with van der Waals surface area (Å²) >= 11 is 0. The maximum absolute atomic E-state index is 13.3. The number of nitrogens with zero attached hydrogens (tertiary/aromatic N) is 2. The predicted octanol–water partition coefficient (Wildman–Crippen LogP) is 5.11. The van der Waals surface area contributed by atoms with Gasteiger partial charge in [0.2, 0.25) is 0 Å². The minimum absolute atomic E-state index is 0.0347. The zero-order valence-corrected chi connectivity index (χ0v) is 18.9. The SMILES string of the molecule is C#Cc1cc2nc(C)nc(N[C@H](C)c3cc(N)cc(C(F)(F)F)c3)c2cc1OC[C@H]1CCOC1. The fourth-order valence-electron chi connectivity index (χ4n) is 3.92. The van der Waals surface area contributed by atoms with Gasteiger partial charge in [0.05, 0.1) is 35.9 Å². The second-order valence-electron chi connectivity index (χ2n) is 8.42. The fourth-order valence-corrected chi connectivity index (χ4v) is 3.92. The van der Waals surface area contributed by atoms with E-state index in [-0.39, 0.29) is 5.69 Å². The van der Waals surface area contributed by atoms with Gasteiger partial charge in [0.25, 0.3) is 0 Å². The van der Waals surface area contributed by atoms with Crippen LogP contribution in [0.25, 0.3) is 10.9 Å². The standard InChI is InChI=1S/C25H25F3N4O2/c1-4-17-9-22-21(11-23(17)34-13-16-5-6-33-12-16)24(32-15(3)31-22)30-14(2)18-7-19(25(26,27)28)10-20(29)8-18/h1,7-11,14,16H,5-6,12-13,29H2,2-3H3,(H,30,31,32)/t14-,16+/m1/s1. The van der Waals surface area contributed by atoms with Crippen LogP contribution in [0.1, 0.15) is 41.9 Å². The van der Waals surface area contributed by atoms with Crippen LogP contribution in [-0.2, 0) is 10.9 Å². The first-order valence-corrected chi connectivity index (χ1v) is 10.9. The van der Waals surface area contributed by atoms with Gasteiger partial charge in [0, 0.05) is 23.6 Å². The van der Waals surface area contributed by atoms with Crippen LogP contribution in [0.3, 0.4) is 0 Å². The molecule has 1 aliphatic heterocycles. The van der Waals surface area contributed by atoms with E-state index in [4.69, 9.17) is 21.6 Å². The summed E-state index contributed by atoms with van der Waals surface area (Å²) in [5.74, 6) is 4.40. The number of fused-ring (bicyclic) bond motifs is 1. The van der Waals surface area contributed by atoms with Crippen molar-refractivity contribution in [2.75, 3.05) is 30.9 Å². The number of ether oxygens (including phenoxy) is 2. The number of anilines is 2. The third-order valence-electron chi connectivity index (χ3n) is 5.72. The molecule has 3 aromatic rings. The highest BCUT2D eigenvalue weighted by Gasteiger charge is 2.31. The van der Waals surface area contributed by atoms with E-state index in [2.05, 4.69) is 21.2 Å². The molecule has 2 atom stereocenters. The van der Waals surface area contributed by atoms with Gasteiger partial charge in [-0.1, -0.05) is 5.92 Å². The minimum atomic E-state index is -4.50. The fraction of sp³-hybridized carbons (Fsp3) is 0.360. The number of nitrogens with two attached hydrogens (primary N) is 1. The molecule has 0 spiro atoms. The minimum Gasteiger partial charge on any atom is -0.492 e. The first-order valence-electron chi connectivity index (χ1n) is 10.9. The molecule has 0 saturated carbocycles. The Kier molecular flexibility index (Phi) is 6.53. The summed E-state index contributed by atoms with van der Waals surface area (Å²) in [7, 11) is 0. The summed E-state index contributed by atoms with van der Waals surface area (Å²) in [4.78, 5) is 8.96. The first kappa shape index (κ1) is 23.6. The molecule has 0 amide bonds. The Morgan fingerprint density at radius 3 is 2.74 bits per heavy atom. The molecule has 6 nitrogen and oxygen atoms in total. The van der Waals surface area contributed by atoms with Gasteiger partial charge in [-0.2, -0.15) is 13.2 Å². The molecular weight excluding hydrogens is 445 g/mol. The quantitative estimate of drug-likeness (QED) is 0.385. The number of terminal acetylenes is 1. The van der Waals surface area contributed by atoms with Gasteiger partial charge in [0.15, 0.2) is 0 Å². The Bertz CT molecular complexity index is 1250. The summed E-state index contributed by atoms with van der Waals surface area (Å²) in [5, 5.41) is 3.86. The van der Waals surface area contributed by atoms with Crippen LogP contribution >= 0.6 is 0 Å². The van der Waals surface area contributed by atoms with E-state index in [1.165, 1.54) is 6.07 Å².